The minimum atomic E-state index is -0.225. The Bertz CT molecular complexity index is 1080. The molecule has 7 nitrogen and oxygen atoms in total. The van der Waals surface area contributed by atoms with Crippen LogP contribution in [0.4, 0.5) is 10.5 Å². The maximum atomic E-state index is 12.5. The maximum absolute atomic E-state index is 12.5. The number of nitrogens with one attached hydrogen (secondary N) is 1. The number of carbonyl (C=O) groups excluding carboxylic acids is 2. The Balaban J connectivity index is 1.27. The molecule has 8 heteroatoms. The Kier molecular flexibility index (Phi) is 8.14. The first-order valence-corrected chi connectivity index (χ1v) is 12.4. The number of nitrogens with zero attached hydrogens (tertiary/aromatic N) is 2. The average Bonchev–Trinajstić information content (AvgIpc) is 3.36. The number of unbranched alkanes of at least 4 members (excludes halogenated alkanes) is 1. The lowest BCUT2D eigenvalue weighted by molar-refractivity contribution is 0.0670. The van der Waals surface area contributed by atoms with Gasteiger partial charge in [0.2, 0.25) is 0 Å². The summed E-state index contributed by atoms with van der Waals surface area (Å²) in [4.78, 5) is 31.3. The van der Waals surface area contributed by atoms with E-state index in [4.69, 9.17) is 9.47 Å². The van der Waals surface area contributed by atoms with Crippen LogP contribution in [0.3, 0.4) is 0 Å². The van der Waals surface area contributed by atoms with Crippen molar-refractivity contribution in [2.75, 3.05) is 25.0 Å². The average molecular weight is 480 g/mol. The zero-order chi connectivity index (χ0) is 23.8. The van der Waals surface area contributed by atoms with E-state index >= 15 is 0 Å². The Hall–Kier alpha value is -3.39. The molecule has 1 saturated heterocycles. The highest BCUT2D eigenvalue weighted by Crippen LogP contribution is 2.28. The second-order valence-electron chi connectivity index (χ2n) is 8.15. The van der Waals surface area contributed by atoms with Crippen LogP contribution >= 0.6 is 11.3 Å². The fourth-order valence-corrected chi connectivity index (χ4v) is 4.46. The quantitative estimate of drug-likeness (QED) is 0.410. The molecule has 2 heterocycles. The highest BCUT2D eigenvalue weighted by atomic mass is 32.1. The molecule has 0 unspecified atom stereocenters. The third-order valence-electron chi connectivity index (χ3n) is 5.59. The topological polar surface area (TPSA) is 80.8 Å². The zero-order valence-electron chi connectivity index (χ0n) is 19.2. The Morgan fingerprint density at radius 2 is 1.82 bits per heavy atom. The first kappa shape index (κ1) is 23.8. The van der Waals surface area contributed by atoms with Crippen LogP contribution in [-0.2, 0) is 4.74 Å². The molecule has 3 aromatic rings. The second kappa shape index (κ2) is 11.7. The molecule has 178 valence electrons. The number of rotatable bonds is 8. The number of para-hydroxylation sites is 1. The summed E-state index contributed by atoms with van der Waals surface area (Å²) < 4.78 is 11.4. The van der Waals surface area contributed by atoms with Crippen molar-refractivity contribution in [3.05, 3.63) is 65.7 Å². The summed E-state index contributed by atoms with van der Waals surface area (Å²) in [6.45, 7) is 3.83. The molecule has 2 amide bonds. The van der Waals surface area contributed by atoms with E-state index in [2.05, 4.69) is 17.2 Å². The number of piperidine rings is 1. The van der Waals surface area contributed by atoms with Gasteiger partial charge < -0.3 is 19.7 Å². The van der Waals surface area contributed by atoms with E-state index < -0.39 is 0 Å². The first-order valence-electron chi connectivity index (χ1n) is 11.6. The number of hydrogen-bond donors (Lipinski definition) is 1. The molecule has 1 aliphatic heterocycles. The van der Waals surface area contributed by atoms with E-state index in [1.54, 1.807) is 11.1 Å². The van der Waals surface area contributed by atoms with Crippen molar-refractivity contribution in [2.24, 2.45) is 0 Å². The van der Waals surface area contributed by atoms with Gasteiger partial charge in [-0.25, -0.2) is 9.78 Å². The van der Waals surface area contributed by atoms with Crippen molar-refractivity contribution >= 4 is 29.0 Å². The first-order chi connectivity index (χ1) is 16.6. The Morgan fingerprint density at radius 3 is 2.53 bits per heavy atom. The van der Waals surface area contributed by atoms with Gasteiger partial charge in [-0.1, -0.05) is 31.5 Å². The molecule has 0 spiro atoms. The lowest BCUT2D eigenvalue weighted by Gasteiger charge is -2.31. The molecule has 1 fully saturated rings. The molecule has 2 aromatic carbocycles. The van der Waals surface area contributed by atoms with Gasteiger partial charge in [0.15, 0.2) is 0 Å². The van der Waals surface area contributed by atoms with Gasteiger partial charge in [-0.05, 0) is 42.8 Å². The molecule has 0 aliphatic carbocycles. The molecular formula is C26H29N3O4S. The fraction of sp³-hybridized carbons (Fsp3) is 0.346. The van der Waals surface area contributed by atoms with Crippen molar-refractivity contribution in [2.45, 2.75) is 38.7 Å². The van der Waals surface area contributed by atoms with Crippen LogP contribution in [0.5, 0.6) is 5.75 Å². The Labute approximate surface area is 203 Å². The standard InChI is InChI=1S/C26H29N3O4S/c1-2-3-17-32-26(31)29-15-13-22(14-16-29)33-21-11-9-19(10-12-21)25-27-18-23(34-25)24(30)28-20-7-5-4-6-8-20/h4-12,18,22H,2-3,13-17H2,1H3,(H,28,30). The number of likely N-dealkylation sites (tertiary alicyclic amines) is 1. The van der Waals surface area contributed by atoms with E-state index in [0.29, 0.717) is 24.6 Å². The zero-order valence-corrected chi connectivity index (χ0v) is 20.1. The molecule has 0 bridgehead atoms. The number of thiazole rings is 1. The highest BCUT2D eigenvalue weighted by molar-refractivity contribution is 7.17. The van der Waals surface area contributed by atoms with Crippen molar-refractivity contribution in [1.82, 2.24) is 9.88 Å². The van der Waals surface area contributed by atoms with E-state index in [9.17, 15) is 9.59 Å². The van der Waals surface area contributed by atoms with Crippen LogP contribution < -0.4 is 10.1 Å². The number of ether oxygens (including phenoxy) is 2. The summed E-state index contributed by atoms with van der Waals surface area (Å²) in [6.07, 6.45) is 4.90. The van der Waals surface area contributed by atoms with Gasteiger partial charge in [0, 0.05) is 37.2 Å². The van der Waals surface area contributed by atoms with Crippen LogP contribution in [0.1, 0.15) is 42.3 Å². The highest BCUT2D eigenvalue weighted by Gasteiger charge is 2.24. The van der Waals surface area contributed by atoms with Crippen molar-refractivity contribution < 1.29 is 19.1 Å². The molecule has 1 aromatic heterocycles. The molecule has 34 heavy (non-hydrogen) atoms. The van der Waals surface area contributed by atoms with Crippen LogP contribution in [0.15, 0.2) is 60.8 Å². The van der Waals surface area contributed by atoms with E-state index in [1.807, 2.05) is 54.6 Å². The summed E-state index contributed by atoms with van der Waals surface area (Å²) in [5, 5.41) is 3.66. The fourth-order valence-electron chi connectivity index (χ4n) is 3.65. The summed E-state index contributed by atoms with van der Waals surface area (Å²) in [7, 11) is 0. The summed E-state index contributed by atoms with van der Waals surface area (Å²) >= 11 is 1.35. The SMILES string of the molecule is CCCCOC(=O)N1CCC(Oc2ccc(-c3ncc(C(=O)Nc4ccccc4)s3)cc2)CC1. The molecule has 0 radical (unpaired) electrons. The van der Waals surface area contributed by atoms with Gasteiger partial charge in [0.25, 0.3) is 5.91 Å². The minimum absolute atomic E-state index is 0.0682. The summed E-state index contributed by atoms with van der Waals surface area (Å²) in [5.41, 5.74) is 1.68. The van der Waals surface area contributed by atoms with Crippen LogP contribution in [-0.4, -0.2) is 47.7 Å². The van der Waals surface area contributed by atoms with Crippen LogP contribution in [0, 0.1) is 0 Å². The molecule has 1 N–H and O–H groups in total. The predicted octanol–water partition coefficient (Wildman–Crippen LogP) is 5.84. The van der Waals surface area contributed by atoms with Gasteiger partial charge in [-0.15, -0.1) is 11.3 Å². The predicted molar refractivity (Wildman–Crippen MR) is 133 cm³/mol. The lowest BCUT2D eigenvalue weighted by Crippen LogP contribution is -2.42. The van der Waals surface area contributed by atoms with Gasteiger partial charge >= 0.3 is 6.09 Å². The molecular weight excluding hydrogens is 450 g/mol. The van der Waals surface area contributed by atoms with Crippen LogP contribution in [0.2, 0.25) is 0 Å². The normalized spacial score (nSPS) is 14.0. The molecule has 0 saturated carbocycles. The monoisotopic (exact) mass is 479 g/mol. The van der Waals surface area contributed by atoms with E-state index in [0.717, 1.165) is 47.7 Å². The van der Waals surface area contributed by atoms with Crippen LogP contribution in [0.25, 0.3) is 10.6 Å². The number of anilines is 1. The molecule has 4 rings (SSSR count). The van der Waals surface area contributed by atoms with Gasteiger partial charge in [0.1, 0.15) is 21.7 Å². The van der Waals surface area contributed by atoms with Crippen molar-refractivity contribution in [3.8, 4) is 16.3 Å². The third kappa shape index (κ3) is 6.35. The summed E-state index contributed by atoms with van der Waals surface area (Å²) in [5.74, 6) is 0.613. The Morgan fingerprint density at radius 1 is 1.09 bits per heavy atom. The molecule has 1 aliphatic rings. The van der Waals surface area contributed by atoms with Gasteiger partial charge in [-0.2, -0.15) is 0 Å². The summed E-state index contributed by atoms with van der Waals surface area (Å²) in [6, 6.07) is 17.1. The number of carbonyl (C=O) groups is 2. The number of aromatic nitrogens is 1. The van der Waals surface area contributed by atoms with Crippen molar-refractivity contribution in [1.29, 1.82) is 0 Å². The smallest absolute Gasteiger partial charge is 0.409 e. The van der Waals surface area contributed by atoms with E-state index in [-0.39, 0.29) is 18.1 Å². The van der Waals surface area contributed by atoms with E-state index in [1.165, 1.54) is 11.3 Å². The number of hydrogen-bond acceptors (Lipinski definition) is 6. The van der Waals surface area contributed by atoms with Gasteiger partial charge in [-0.3, -0.25) is 4.79 Å². The number of benzene rings is 2. The number of amides is 2. The minimum Gasteiger partial charge on any atom is -0.490 e. The molecule has 0 atom stereocenters. The second-order valence-corrected chi connectivity index (χ2v) is 9.18. The maximum Gasteiger partial charge on any atom is 0.409 e. The lowest BCUT2D eigenvalue weighted by atomic mass is 10.1. The largest absolute Gasteiger partial charge is 0.490 e. The van der Waals surface area contributed by atoms with Crippen molar-refractivity contribution in [3.63, 3.8) is 0 Å². The third-order valence-corrected chi connectivity index (χ3v) is 6.63. The van der Waals surface area contributed by atoms with Gasteiger partial charge in [0.05, 0.1) is 12.8 Å².